The molecule has 0 unspecified atom stereocenters. The van der Waals surface area contributed by atoms with Crippen molar-refractivity contribution in [1.29, 1.82) is 5.26 Å². The van der Waals surface area contributed by atoms with E-state index in [0.29, 0.717) is 5.92 Å². The summed E-state index contributed by atoms with van der Waals surface area (Å²) < 4.78 is 5.64. The Morgan fingerprint density at radius 2 is 2.32 bits per heavy atom. The average Bonchev–Trinajstić information content (AvgIpc) is 2.36. The molecular weight excluding hydrogens is 246 g/mol. The molecule has 6 nitrogen and oxygen atoms in total. The van der Waals surface area contributed by atoms with E-state index < -0.39 is 4.92 Å². The largest absolute Gasteiger partial charge is 0.483 e. The molecular formula is C13H15N3O3. The van der Waals surface area contributed by atoms with Crippen molar-refractivity contribution in [3.63, 3.8) is 0 Å². The van der Waals surface area contributed by atoms with Crippen molar-refractivity contribution in [2.45, 2.75) is 18.9 Å². The zero-order valence-corrected chi connectivity index (χ0v) is 10.6. The van der Waals surface area contributed by atoms with Crippen LogP contribution in [-0.2, 0) is 0 Å². The first-order chi connectivity index (χ1) is 9.13. The molecule has 0 aliphatic heterocycles. The van der Waals surface area contributed by atoms with Crippen LogP contribution in [0.2, 0.25) is 0 Å². The Balaban J connectivity index is 2.05. The van der Waals surface area contributed by atoms with Crippen LogP contribution in [0.3, 0.4) is 0 Å². The van der Waals surface area contributed by atoms with Gasteiger partial charge in [-0.2, -0.15) is 5.26 Å². The summed E-state index contributed by atoms with van der Waals surface area (Å²) in [5.41, 5.74) is 0.122. The Hall–Kier alpha value is -2.13. The van der Waals surface area contributed by atoms with Gasteiger partial charge in [0.1, 0.15) is 0 Å². The van der Waals surface area contributed by atoms with Gasteiger partial charge in [0.05, 0.1) is 22.7 Å². The highest BCUT2D eigenvalue weighted by molar-refractivity contribution is 5.51. The fraction of sp³-hybridized carbons (Fsp3) is 0.462. The highest BCUT2D eigenvalue weighted by Gasteiger charge is 2.31. The number of nitriles is 1. The van der Waals surface area contributed by atoms with E-state index in [9.17, 15) is 10.1 Å². The highest BCUT2D eigenvalue weighted by Crippen LogP contribution is 2.35. The Kier molecular flexibility index (Phi) is 3.97. The molecule has 0 heterocycles. The maximum absolute atomic E-state index is 11.0. The fourth-order valence-electron chi connectivity index (χ4n) is 2.23. The molecule has 1 saturated carbocycles. The van der Waals surface area contributed by atoms with E-state index in [2.05, 4.69) is 5.32 Å². The van der Waals surface area contributed by atoms with Gasteiger partial charge in [0, 0.05) is 6.07 Å². The summed E-state index contributed by atoms with van der Waals surface area (Å²) in [5.74, 6) is 0.823. The summed E-state index contributed by atoms with van der Waals surface area (Å²) in [4.78, 5) is 10.4. The van der Waals surface area contributed by atoms with E-state index in [1.54, 1.807) is 0 Å². The van der Waals surface area contributed by atoms with Crippen molar-refractivity contribution in [3.05, 3.63) is 33.9 Å². The number of nitrogens with zero attached hydrogens (tertiary/aromatic N) is 2. The van der Waals surface area contributed by atoms with Crippen LogP contribution >= 0.6 is 0 Å². The number of hydrogen-bond donors (Lipinski definition) is 1. The minimum absolute atomic E-state index is 0.0324. The van der Waals surface area contributed by atoms with Crippen molar-refractivity contribution < 1.29 is 9.66 Å². The third-order valence-corrected chi connectivity index (χ3v) is 3.26. The van der Waals surface area contributed by atoms with Crippen LogP contribution in [0.15, 0.2) is 18.2 Å². The Bertz CT molecular complexity index is 518. The number of nitro benzene ring substituents is 1. The second-order valence-corrected chi connectivity index (χ2v) is 4.69. The van der Waals surface area contributed by atoms with Crippen molar-refractivity contribution in [3.8, 4) is 11.8 Å². The van der Waals surface area contributed by atoms with Crippen LogP contribution in [0, 0.1) is 27.4 Å². The summed E-state index contributed by atoms with van der Waals surface area (Å²) in [5, 5.41) is 22.8. The zero-order valence-electron chi connectivity index (χ0n) is 10.6. The van der Waals surface area contributed by atoms with Gasteiger partial charge in [-0.3, -0.25) is 10.1 Å². The molecule has 2 rings (SSSR count). The molecule has 0 bridgehead atoms. The van der Waals surface area contributed by atoms with Gasteiger partial charge >= 0.3 is 5.69 Å². The third kappa shape index (κ3) is 3.01. The molecule has 0 atom stereocenters. The Morgan fingerprint density at radius 3 is 2.89 bits per heavy atom. The number of rotatable bonds is 5. The lowest BCUT2D eigenvalue weighted by Gasteiger charge is -2.35. The van der Waals surface area contributed by atoms with Crippen LogP contribution in [0.25, 0.3) is 0 Å². The standard InChI is InChI=1S/C13H15N3O3/c1-15-8-10-4-11(5-10)19-13-3-2-9(7-14)6-12(13)16(17)18/h2-3,6,10-11,15H,4-5,8H2,1H3. The molecule has 0 spiro atoms. The second kappa shape index (κ2) is 5.67. The predicted octanol–water partition coefficient (Wildman–Crippen LogP) is 1.84. The molecule has 1 N–H and O–H groups in total. The summed E-state index contributed by atoms with van der Waals surface area (Å²) in [7, 11) is 1.90. The van der Waals surface area contributed by atoms with Gasteiger partial charge in [0.2, 0.25) is 0 Å². The number of hydrogen-bond acceptors (Lipinski definition) is 5. The van der Waals surface area contributed by atoms with Crippen molar-refractivity contribution >= 4 is 5.69 Å². The molecule has 100 valence electrons. The molecule has 1 fully saturated rings. The molecule has 0 saturated heterocycles. The number of nitro groups is 1. The number of nitrogens with one attached hydrogen (secondary N) is 1. The SMILES string of the molecule is CNCC1CC(Oc2ccc(C#N)cc2[N+](=O)[O-])C1. The van der Waals surface area contributed by atoms with E-state index in [0.717, 1.165) is 19.4 Å². The average molecular weight is 261 g/mol. The van der Waals surface area contributed by atoms with Gasteiger partial charge < -0.3 is 10.1 Å². The molecule has 1 aliphatic carbocycles. The first-order valence-corrected chi connectivity index (χ1v) is 6.14. The fourth-order valence-corrected chi connectivity index (χ4v) is 2.23. The molecule has 19 heavy (non-hydrogen) atoms. The van der Waals surface area contributed by atoms with Crippen LogP contribution in [-0.4, -0.2) is 24.6 Å². The zero-order chi connectivity index (χ0) is 13.8. The van der Waals surface area contributed by atoms with E-state index in [4.69, 9.17) is 10.00 Å². The van der Waals surface area contributed by atoms with E-state index in [1.165, 1.54) is 18.2 Å². The first kappa shape index (κ1) is 13.3. The minimum Gasteiger partial charge on any atom is -0.483 e. The quantitative estimate of drug-likeness (QED) is 0.645. The van der Waals surface area contributed by atoms with Gasteiger partial charge in [-0.25, -0.2) is 0 Å². The summed E-state index contributed by atoms with van der Waals surface area (Å²) >= 11 is 0. The molecule has 1 aromatic carbocycles. The van der Waals surface area contributed by atoms with Gasteiger partial charge in [-0.05, 0) is 44.5 Å². The van der Waals surface area contributed by atoms with Crippen molar-refractivity contribution in [2.75, 3.05) is 13.6 Å². The maximum Gasteiger partial charge on any atom is 0.312 e. The van der Waals surface area contributed by atoms with E-state index in [-0.39, 0.29) is 23.1 Å². The van der Waals surface area contributed by atoms with E-state index in [1.807, 2.05) is 13.1 Å². The minimum atomic E-state index is -0.514. The molecule has 0 aromatic heterocycles. The highest BCUT2D eigenvalue weighted by atomic mass is 16.6. The molecule has 1 aliphatic rings. The maximum atomic E-state index is 11.0. The molecule has 0 radical (unpaired) electrons. The molecule has 0 amide bonds. The third-order valence-electron chi connectivity index (χ3n) is 3.26. The van der Waals surface area contributed by atoms with E-state index >= 15 is 0 Å². The Morgan fingerprint density at radius 1 is 1.58 bits per heavy atom. The normalized spacial score (nSPS) is 21.3. The molecule has 6 heteroatoms. The van der Waals surface area contributed by atoms with Crippen LogP contribution in [0.4, 0.5) is 5.69 Å². The van der Waals surface area contributed by atoms with Gasteiger partial charge in [-0.1, -0.05) is 0 Å². The van der Waals surface area contributed by atoms with Gasteiger partial charge in [0.25, 0.3) is 0 Å². The first-order valence-electron chi connectivity index (χ1n) is 6.14. The lowest BCUT2D eigenvalue weighted by atomic mass is 9.82. The van der Waals surface area contributed by atoms with Gasteiger partial charge in [-0.15, -0.1) is 0 Å². The summed E-state index contributed by atoms with van der Waals surface area (Å²) in [6.45, 7) is 0.940. The van der Waals surface area contributed by atoms with Crippen LogP contribution in [0.1, 0.15) is 18.4 Å². The summed E-state index contributed by atoms with van der Waals surface area (Å²) in [6.07, 6.45) is 1.83. The monoisotopic (exact) mass is 261 g/mol. The lowest BCUT2D eigenvalue weighted by molar-refractivity contribution is -0.386. The topological polar surface area (TPSA) is 88.2 Å². The second-order valence-electron chi connectivity index (χ2n) is 4.69. The number of benzene rings is 1. The Labute approximate surface area is 111 Å². The van der Waals surface area contributed by atoms with Gasteiger partial charge in [0.15, 0.2) is 5.75 Å². The smallest absolute Gasteiger partial charge is 0.312 e. The van der Waals surface area contributed by atoms with Crippen molar-refractivity contribution in [2.24, 2.45) is 5.92 Å². The number of ether oxygens (including phenoxy) is 1. The van der Waals surface area contributed by atoms with Crippen LogP contribution in [0.5, 0.6) is 5.75 Å². The van der Waals surface area contributed by atoms with Crippen molar-refractivity contribution in [1.82, 2.24) is 5.32 Å². The summed E-state index contributed by atoms with van der Waals surface area (Å²) in [6, 6.07) is 6.17. The predicted molar refractivity (Wildman–Crippen MR) is 68.9 cm³/mol. The molecule has 1 aromatic rings. The van der Waals surface area contributed by atoms with Crippen LogP contribution < -0.4 is 10.1 Å². The lowest BCUT2D eigenvalue weighted by Crippen LogP contribution is -2.38.